The van der Waals surface area contributed by atoms with E-state index in [9.17, 15) is 4.79 Å². The molecule has 0 atom stereocenters. The van der Waals surface area contributed by atoms with Gasteiger partial charge < -0.3 is 10.6 Å². The number of primary amides is 1. The molecule has 0 radical (unpaired) electrons. The first-order chi connectivity index (χ1) is 13.7. The Morgan fingerprint density at radius 2 is 1.43 bits per heavy atom. The summed E-state index contributed by atoms with van der Waals surface area (Å²) >= 11 is 0. The van der Waals surface area contributed by atoms with Gasteiger partial charge in [-0.1, -0.05) is 60.7 Å². The predicted octanol–water partition coefficient (Wildman–Crippen LogP) is 3.94. The molecule has 5 heteroatoms. The fourth-order valence-electron chi connectivity index (χ4n) is 3.28. The van der Waals surface area contributed by atoms with Crippen LogP contribution in [0.1, 0.15) is 21.6 Å². The van der Waals surface area contributed by atoms with E-state index < -0.39 is 5.91 Å². The van der Waals surface area contributed by atoms with Crippen molar-refractivity contribution in [3.05, 3.63) is 102 Å². The van der Waals surface area contributed by atoms with Crippen LogP contribution in [-0.2, 0) is 13.1 Å². The van der Waals surface area contributed by atoms with E-state index in [0.717, 1.165) is 18.8 Å². The number of anilines is 1. The zero-order valence-corrected chi connectivity index (χ0v) is 15.3. The van der Waals surface area contributed by atoms with Crippen molar-refractivity contribution in [2.24, 2.45) is 5.73 Å². The van der Waals surface area contributed by atoms with Gasteiger partial charge in [0.05, 0.1) is 5.52 Å². The molecule has 1 heterocycles. The van der Waals surface area contributed by atoms with Crippen molar-refractivity contribution in [2.75, 3.05) is 4.90 Å². The van der Waals surface area contributed by atoms with Gasteiger partial charge in [-0.3, -0.25) is 4.79 Å². The SMILES string of the molecule is NC(=O)c1ncnc2ccc(N(Cc3ccccc3)Cc3ccccc3)cc12. The molecule has 4 rings (SSSR count). The third-order valence-corrected chi connectivity index (χ3v) is 4.65. The standard InChI is InChI=1S/C23H20N4O/c24-23(28)22-20-13-19(11-12-21(20)25-16-26-22)27(14-17-7-3-1-4-8-17)15-18-9-5-2-6-10-18/h1-13,16H,14-15H2,(H2,24,28). The number of nitrogens with zero attached hydrogens (tertiary/aromatic N) is 3. The minimum atomic E-state index is -0.554. The third-order valence-electron chi connectivity index (χ3n) is 4.65. The Hall–Kier alpha value is -3.73. The van der Waals surface area contributed by atoms with Gasteiger partial charge in [0.25, 0.3) is 5.91 Å². The molecule has 0 fully saturated rings. The van der Waals surface area contributed by atoms with Crippen LogP contribution in [0.25, 0.3) is 10.9 Å². The maximum absolute atomic E-state index is 11.8. The lowest BCUT2D eigenvalue weighted by Crippen LogP contribution is -2.22. The molecule has 28 heavy (non-hydrogen) atoms. The van der Waals surface area contributed by atoms with Crippen LogP contribution >= 0.6 is 0 Å². The van der Waals surface area contributed by atoms with Crippen LogP contribution in [0, 0.1) is 0 Å². The minimum Gasteiger partial charge on any atom is -0.364 e. The van der Waals surface area contributed by atoms with Crippen molar-refractivity contribution in [1.29, 1.82) is 0 Å². The Kier molecular flexibility index (Phi) is 4.97. The largest absolute Gasteiger partial charge is 0.364 e. The average molecular weight is 368 g/mol. The van der Waals surface area contributed by atoms with Crippen molar-refractivity contribution >= 4 is 22.5 Å². The Labute approximate surface area is 163 Å². The first-order valence-corrected chi connectivity index (χ1v) is 9.08. The number of benzene rings is 3. The normalized spacial score (nSPS) is 10.7. The summed E-state index contributed by atoms with van der Waals surface area (Å²) in [7, 11) is 0. The smallest absolute Gasteiger partial charge is 0.268 e. The second-order valence-corrected chi connectivity index (χ2v) is 6.62. The fourth-order valence-corrected chi connectivity index (χ4v) is 3.28. The fraction of sp³-hybridized carbons (Fsp3) is 0.0870. The number of hydrogen-bond donors (Lipinski definition) is 1. The Morgan fingerprint density at radius 1 is 0.821 bits per heavy atom. The lowest BCUT2D eigenvalue weighted by Gasteiger charge is -2.26. The van der Waals surface area contributed by atoms with Gasteiger partial charge in [-0.05, 0) is 29.3 Å². The summed E-state index contributed by atoms with van der Waals surface area (Å²) in [4.78, 5) is 22.4. The Bertz CT molecular complexity index is 1060. The van der Waals surface area contributed by atoms with Crippen molar-refractivity contribution in [2.45, 2.75) is 13.1 Å². The first-order valence-electron chi connectivity index (χ1n) is 9.08. The molecule has 0 saturated carbocycles. The van der Waals surface area contributed by atoms with Crippen LogP contribution in [-0.4, -0.2) is 15.9 Å². The van der Waals surface area contributed by atoms with Crippen LogP contribution in [0.2, 0.25) is 0 Å². The predicted molar refractivity (Wildman–Crippen MR) is 111 cm³/mol. The van der Waals surface area contributed by atoms with Crippen molar-refractivity contribution < 1.29 is 4.79 Å². The second-order valence-electron chi connectivity index (χ2n) is 6.62. The molecule has 138 valence electrons. The minimum absolute atomic E-state index is 0.242. The zero-order valence-electron chi connectivity index (χ0n) is 15.3. The highest BCUT2D eigenvalue weighted by Crippen LogP contribution is 2.25. The maximum Gasteiger partial charge on any atom is 0.268 e. The highest BCUT2D eigenvalue weighted by molar-refractivity contribution is 6.04. The molecule has 0 saturated heterocycles. The molecule has 1 amide bonds. The van der Waals surface area contributed by atoms with E-state index in [0.29, 0.717) is 10.9 Å². The number of nitrogens with two attached hydrogens (primary N) is 1. The van der Waals surface area contributed by atoms with Crippen LogP contribution in [0.3, 0.4) is 0 Å². The summed E-state index contributed by atoms with van der Waals surface area (Å²) in [5, 5.41) is 0.665. The Balaban J connectivity index is 1.76. The van der Waals surface area contributed by atoms with Crippen LogP contribution in [0.5, 0.6) is 0 Å². The summed E-state index contributed by atoms with van der Waals surface area (Å²) in [5.74, 6) is -0.554. The molecular weight excluding hydrogens is 348 g/mol. The summed E-state index contributed by atoms with van der Waals surface area (Å²) in [6.07, 6.45) is 1.37. The lowest BCUT2D eigenvalue weighted by molar-refractivity contribution is 0.0997. The summed E-state index contributed by atoms with van der Waals surface area (Å²) in [5.41, 5.74) is 9.85. The summed E-state index contributed by atoms with van der Waals surface area (Å²) in [6.45, 7) is 1.47. The van der Waals surface area contributed by atoms with Gasteiger partial charge in [-0.25, -0.2) is 9.97 Å². The van der Waals surface area contributed by atoms with Gasteiger partial charge in [0.2, 0.25) is 0 Å². The molecule has 4 aromatic rings. The van der Waals surface area contributed by atoms with Crippen molar-refractivity contribution in [3.8, 4) is 0 Å². The van der Waals surface area contributed by atoms with Crippen molar-refractivity contribution in [3.63, 3.8) is 0 Å². The molecule has 2 N–H and O–H groups in total. The maximum atomic E-state index is 11.8. The van der Waals surface area contributed by atoms with Gasteiger partial charge in [-0.15, -0.1) is 0 Å². The van der Waals surface area contributed by atoms with Gasteiger partial charge in [0, 0.05) is 24.2 Å². The van der Waals surface area contributed by atoms with Gasteiger partial charge >= 0.3 is 0 Å². The van der Waals surface area contributed by atoms with Gasteiger partial charge in [-0.2, -0.15) is 0 Å². The monoisotopic (exact) mass is 368 g/mol. The van der Waals surface area contributed by atoms with Gasteiger partial charge in [0.1, 0.15) is 12.0 Å². The highest BCUT2D eigenvalue weighted by Gasteiger charge is 2.13. The number of carbonyl (C=O) groups excluding carboxylic acids is 1. The molecule has 0 spiro atoms. The molecule has 5 nitrogen and oxygen atoms in total. The van der Waals surface area contributed by atoms with Crippen LogP contribution < -0.4 is 10.6 Å². The molecule has 0 aliphatic rings. The molecule has 1 aromatic heterocycles. The van der Waals surface area contributed by atoms with E-state index >= 15 is 0 Å². The second kappa shape index (κ2) is 7.88. The highest BCUT2D eigenvalue weighted by atomic mass is 16.1. The van der Waals surface area contributed by atoms with Gasteiger partial charge in [0.15, 0.2) is 0 Å². The van der Waals surface area contributed by atoms with E-state index in [-0.39, 0.29) is 5.69 Å². The third kappa shape index (κ3) is 3.83. The number of fused-ring (bicyclic) bond motifs is 1. The number of carbonyl (C=O) groups is 1. The van der Waals surface area contributed by atoms with E-state index in [1.54, 1.807) is 0 Å². The Morgan fingerprint density at radius 3 is 2.00 bits per heavy atom. The van der Waals surface area contributed by atoms with E-state index in [4.69, 9.17) is 5.73 Å². The number of rotatable bonds is 6. The number of aromatic nitrogens is 2. The average Bonchev–Trinajstić information content (AvgIpc) is 2.74. The van der Waals surface area contributed by atoms with Crippen LogP contribution in [0.15, 0.2) is 85.2 Å². The zero-order chi connectivity index (χ0) is 19.3. The molecule has 0 bridgehead atoms. The quantitative estimate of drug-likeness (QED) is 0.560. The molecule has 3 aromatic carbocycles. The first kappa shape index (κ1) is 17.7. The molecule has 0 aliphatic carbocycles. The molecule has 0 unspecified atom stereocenters. The van der Waals surface area contributed by atoms with Crippen LogP contribution in [0.4, 0.5) is 5.69 Å². The molecular formula is C23H20N4O. The number of hydrogen-bond acceptors (Lipinski definition) is 4. The van der Waals surface area contributed by atoms with E-state index in [2.05, 4.69) is 39.1 Å². The topological polar surface area (TPSA) is 72.1 Å². The molecule has 0 aliphatic heterocycles. The number of amides is 1. The van der Waals surface area contributed by atoms with Crippen molar-refractivity contribution in [1.82, 2.24) is 9.97 Å². The van der Waals surface area contributed by atoms with E-state index in [1.807, 2.05) is 54.6 Å². The summed E-state index contributed by atoms with van der Waals surface area (Å²) < 4.78 is 0. The van der Waals surface area contributed by atoms with E-state index in [1.165, 1.54) is 17.5 Å². The summed E-state index contributed by atoms with van der Waals surface area (Å²) in [6, 6.07) is 26.5. The lowest BCUT2D eigenvalue weighted by atomic mass is 10.1.